The van der Waals surface area contributed by atoms with Gasteiger partial charge in [0.1, 0.15) is 23.9 Å². The van der Waals surface area contributed by atoms with Crippen molar-refractivity contribution in [2.24, 2.45) is 0 Å². The van der Waals surface area contributed by atoms with Crippen molar-refractivity contribution in [1.29, 1.82) is 5.26 Å². The molecule has 0 radical (unpaired) electrons. The topological polar surface area (TPSA) is 114 Å². The Morgan fingerprint density at radius 3 is 2.94 bits per heavy atom. The molecule has 0 amide bonds. The largest absolute Gasteiger partial charge is 0.470 e. The molecular weight excluding hydrogens is 440 g/mol. The lowest BCUT2D eigenvalue weighted by atomic mass is 10.0. The summed E-state index contributed by atoms with van der Waals surface area (Å²) in [6, 6.07) is 10.3. The normalized spacial score (nSPS) is 16.4. The molecule has 0 N–H and O–H groups in total. The van der Waals surface area contributed by atoms with Crippen molar-refractivity contribution in [2.75, 3.05) is 19.8 Å². The Kier molecular flexibility index (Phi) is 4.98. The quantitative estimate of drug-likeness (QED) is 0.442. The molecule has 1 saturated heterocycles. The molecule has 0 unspecified atom stereocenters. The van der Waals surface area contributed by atoms with Gasteiger partial charge in [-0.1, -0.05) is 6.07 Å². The van der Waals surface area contributed by atoms with Gasteiger partial charge in [0.15, 0.2) is 5.65 Å². The van der Waals surface area contributed by atoms with E-state index >= 15 is 0 Å². The highest BCUT2D eigenvalue weighted by atomic mass is 32.1. The molecule has 33 heavy (non-hydrogen) atoms. The molecule has 0 saturated carbocycles. The number of hydrogen-bond donors (Lipinski definition) is 0. The lowest BCUT2D eigenvalue weighted by molar-refractivity contribution is -0.0696. The Labute approximate surface area is 193 Å². The van der Waals surface area contributed by atoms with Crippen LogP contribution < -0.4 is 4.74 Å². The van der Waals surface area contributed by atoms with Crippen LogP contribution in [0.2, 0.25) is 0 Å². The Balaban J connectivity index is 1.23. The fourth-order valence-corrected chi connectivity index (χ4v) is 4.64. The van der Waals surface area contributed by atoms with Gasteiger partial charge in [-0.2, -0.15) is 14.2 Å². The van der Waals surface area contributed by atoms with Gasteiger partial charge in [-0.3, -0.25) is 9.88 Å². The number of aromatic nitrogens is 6. The van der Waals surface area contributed by atoms with Crippen LogP contribution in [0.3, 0.4) is 0 Å². The minimum absolute atomic E-state index is 0.254. The molecule has 2 aliphatic rings. The molecule has 0 bridgehead atoms. The van der Waals surface area contributed by atoms with Crippen LogP contribution in [0.4, 0.5) is 0 Å². The molecule has 0 aliphatic carbocycles. The Morgan fingerprint density at radius 1 is 1.27 bits per heavy atom. The van der Waals surface area contributed by atoms with E-state index in [0.717, 1.165) is 49.0 Å². The average molecular weight is 461 g/mol. The Hall–Kier alpha value is -3.46. The second kappa shape index (κ2) is 8.15. The number of hydrogen-bond acceptors (Lipinski definition) is 10. The van der Waals surface area contributed by atoms with Gasteiger partial charge in [-0.05, 0) is 36.2 Å². The lowest BCUT2D eigenvalue weighted by Crippen LogP contribution is -2.50. The van der Waals surface area contributed by atoms with Crippen molar-refractivity contribution >= 4 is 17.2 Å². The van der Waals surface area contributed by atoms with Crippen molar-refractivity contribution in [3.05, 3.63) is 51.7 Å². The summed E-state index contributed by atoms with van der Waals surface area (Å²) in [5.41, 5.74) is 4.58. The lowest BCUT2D eigenvalue weighted by Gasteiger charge is -2.39. The van der Waals surface area contributed by atoms with Crippen molar-refractivity contribution in [2.45, 2.75) is 32.5 Å². The number of ether oxygens (including phenoxy) is 2. The highest BCUT2D eigenvalue weighted by molar-refractivity contribution is 7.05. The van der Waals surface area contributed by atoms with Crippen molar-refractivity contribution in [3.63, 3.8) is 0 Å². The molecule has 1 fully saturated rings. The van der Waals surface area contributed by atoms with Crippen LogP contribution in [-0.4, -0.2) is 59.9 Å². The minimum Gasteiger partial charge on any atom is -0.470 e. The first-order valence-electron chi connectivity index (χ1n) is 10.7. The standard InChI is InChI=1S/C22H20N8O2S/c1-13-6-19(28-33-13)22-26-25-21-15(8-23)7-20(27-30(21)22)32-10-16-3-2-14-9-29(17-11-31-12-17)5-4-18(14)24-16/h2-3,6-7,17H,4-5,9-12H2,1H3. The zero-order chi connectivity index (χ0) is 22.4. The van der Waals surface area contributed by atoms with Crippen LogP contribution in [0.1, 0.15) is 27.4 Å². The summed E-state index contributed by atoms with van der Waals surface area (Å²) in [5.74, 6) is 0.785. The van der Waals surface area contributed by atoms with Gasteiger partial charge in [0.25, 0.3) is 0 Å². The van der Waals surface area contributed by atoms with Gasteiger partial charge >= 0.3 is 0 Å². The number of aryl methyl sites for hydroxylation is 1. The Bertz CT molecular complexity index is 1390. The maximum atomic E-state index is 9.59. The number of nitrogens with zero attached hydrogens (tertiary/aromatic N) is 8. The predicted octanol–water partition coefficient (Wildman–Crippen LogP) is 2.16. The van der Waals surface area contributed by atoms with Gasteiger partial charge in [0.05, 0.1) is 24.9 Å². The number of fused-ring (bicyclic) bond motifs is 2. The molecule has 4 aromatic heterocycles. The first-order valence-corrected chi connectivity index (χ1v) is 11.5. The van der Waals surface area contributed by atoms with Crippen LogP contribution in [0.15, 0.2) is 24.3 Å². The van der Waals surface area contributed by atoms with Crippen LogP contribution in [0, 0.1) is 18.3 Å². The average Bonchev–Trinajstić information content (AvgIpc) is 3.41. The second-order valence-electron chi connectivity index (χ2n) is 8.20. The van der Waals surface area contributed by atoms with E-state index in [2.05, 4.69) is 36.7 Å². The summed E-state index contributed by atoms with van der Waals surface area (Å²) in [5, 5.41) is 22.4. The van der Waals surface area contributed by atoms with Crippen molar-refractivity contribution in [3.8, 4) is 23.5 Å². The molecular formula is C22H20N8O2S. The smallest absolute Gasteiger partial charge is 0.233 e. The summed E-state index contributed by atoms with van der Waals surface area (Å²) in [7, 11) is 0. The zero-order valence-electron chi connectivity index (χ0n) is 17.9. The third kappa shape index (κ3) is 3.72. The van der Waals surface area contributed by atoms with Crippen molar-refractivity contribution < 1.29 is 9.47 Å². The molecule has 10 nitrogen and oxygen atoms in total. The SMILES string of the molecule is Cc1cc(-c2nnc3c(C#N)cc(OCc4ccc5c(n4)CCN(C4COC4)C5)nn23)ns1. The van der Waals surface area contributed by atoms with Crippen LogP contribution in [-0.2, 0) is 24.3 Å². The minimum atomic E-state index is 0.254. The van der Waals surface area contributed by atoms with Gasteiger partial charge in [-0.15, -0.1) is 15.3 Å². The molecule has 0 aromatic carbocycles. The highest BCUT2D eigenvalue weighted by Crippen LogP contribution is 2.25. The predicted molar refractivity (Wildman–Crippen MR) is 119 cm³/mol. The second-order valence-corrected chi connectivity index (χ2v) is 9.21. The first kappa shape index (κ1) is 20.2. The van der Waals surface area contributed by atoms with E-state index < -0.39 is 0 Å². The van der Waals surface area contributed by atoms with E-state index in [9.17, 15) is 5.26 Å². The summed E-state index contributed by atoms with van der Waals surface area (Å²) in [6.07, 6.45) is 0.916. The van der Waals surface area contributed by atoms with Gasteiger partial charge < -0.3 is 9.47 Å². The van der Waals surface area contributed by atoms with E-state index in [0.29, 0.717) is 34.7 Å². The third-order valence-electron chi connectivity index (χ3n) is 5.97. The van der Waals surface area contributed by atoms with E-state index in [-0.39, 0.29) is 6.61 Å². The van der Waals surface area contributed by atoms with E-state index in [1.807, 2.05) is 19.1 Å². The molecule has 0 spiro atoms. The Morgan fingerprint density at radius 2 is 2.18 bits per heavy atom. The fourth-order valence-electron chi connectivity index (χ4n) is 4.10. The maximum absolute atomic E-state index is 9.59. The first-order chi connectivity index (χ1) is 16.2. The summed E-state index contributed by atoms with van der Waals surface area (Å²) >= 11 is 1.38. The van der Waals surface area contributed by atoms with E-state index in [1.165, 1.54) is 21.6 Å². The monoisotopic (exact) mass is 460 g/mol. The van der Waals surface area contributed by atoms with Crippen LogP contribution in [0.25, 0.3) is 17.2 Å². The number of nitriles is 1. The van der Waals surface area contributed by atoms with Gasteiger partial charge in [0, 0.05) is 36.1 Å². The number of rotatable bonds is 5. The molecule has 6 rings (SSSR count). The molecule has 6 heterocycles. The summed E-state index contributed by atoms with van der Waals surface area (Å²) in [6.45, 7) is 5.78. The molecule has 2 aliphatic heterocycles. The summed E-state index contributed by atoms with van der Waals surface area (Å²) < 4.78 is 17.2. The molecule has 4 aromatic rings. The van der Waals surface area contributed by atoms with Gasteiger partial charge in [0.2, 0.25) is 11.7 Å². The molecule has 166 valence electrons. The van der Waals surface area contributed by atoms with Crippen LogP contribution in [0.5, 0.6) is 5.88 Å². The number of pyridine rings is 1. The highest BCUT2D eigenvalue weighted by Gasteiger charge is 2.29. The van der Waals surface area contributed by atoms with E-state index in [4.69, 9.17) is 14.5 Å². The van der Waals surface area contributed by atoms with Crippen LogP contribution >= 0.6 is 11.5 Å². The summed E-state index contributed by atoms with van der Waals surface area (Å²) in [4.78, 5) is 8.33. The fraction of sp³-hybridized carbons (Fsp3) is 0.364. The molecule has 11 heteroatoms. The van der Waals surface area contributed by atoms with E-state index in [1.54, 1.807) is 6.07 Å². The van der Waals surface area contributed by atoms with Gasteiger partial charge in [-0.25, -0.2) is 0 Å². The maximum Gasteiger partial charge on any atom is 0.233 e. The van der Waals surface area contributed by atoms with Crippen molar-refractivity contribution in [1.82, 2.24) is 34.1 Å². The zero-order valence-corrected chi connectivity index (χ0v) is 18.7. The molecule has 0 atom stereocenters. The third-order valence-corrected chi connectivity index (χ3v) is 6.66.